The van der Waals surface area contributed by atoms with E-state index in [1.807, 2.05) is 13.8 Å². The molecule has 0 amide bonds. The van der Waals surface area contributed by atoms with E-state index in [1.165, 1.54) is 76.1 Å². The van der Waals surface area contributed by atoms with Gasteiger partial charge >= 0.3 is 11.9 Å². The second-order valence-corrected chi connectivity index (χ2v) is 23.9. The monoisotopic (exact) mass is 986 g/mol. The first-order chi connectivity index (χ1) is 33.5. The molecule has 374 valence electrons. The molecule has 8 rings (SSSR count). The van der Waals surface area contributed by atoms with Crippen molar-refractivity contribution in [3.63, 3.8) is 0 Å². The van der Waals surface area contributed by atoms with E-state index < -0.39 is 31.8 Å². The van der Waals surface area contributed by atoms with E-state index in [2.05, 4.69) is 44.8 Å². The smallest absolute Gasteiger partial charge is 0.340 e. The summed E-state index contributed by atoms with van der Waals surface area (Å²) in [6.45, 7) is 17.5. The molecular weight excluding hydrogens is 926 g/mol. The number of hydrogen-bond acceptors (Lipinski definition) is 14. The van der Waals surface area contributed by atoms with Crippen molar-refractivity contribution in [3.8, 4) is 28.1 Å². The summed E-state index contributed by atoms with van der Waals surface area (Å²) in [6.07, 6.45) is 5.40. The van der Waals surface area contributed by atoms with Crippen LogP contribution in [0.15, 0.2) is 61.2 Å². The number of esters is 2. The van der Waals surface area contributed by atoms with E-state index in [1.54, 1.807) is 35.3 Å². The first kappa shape index (κ1) is 53.2. The molecular formula is C50H61F3N8O8Si. The molecule has 2 aromatic carbocycles. The normalized spacial score (nSPS) is 13.2. The number of carbonyl (C=O) groups excluding carboxylic acids is 2. The molecule has 0 spiro atoms. The van der Waals surface area contributed by atoms with Crippen molar-refractivity contribution in [2.45, 2.75) is 111 Å². The number of halogens is 3. The summed E-state index contributed by atoms with van der Waals surface area (Å²) < 4.78 is 78.1. The Labute approximate surface area is 406 Å². The van der Waals surface area contributed by atoms with Crippen LogP contribution in [0.3, 0.4) is 0 Å². The number of ether oxygens (including phenoxy) is 6. The summed E-state index contributed by atoms with van der Waals surface area (Å²) in [4.78, 5) is 42.9. The molecule has 6 heterocycles. The number of methoxy groups -OCH3 is 2. The van der Waals surface area contributed by atoms with Gasteiger partial charge in [0.15, 0.2) is 17.5 Å². The lowest BCUT2D eigenvalue weighted by Gasteiger charge is -2.21. The Morgan fingerprint density at radius 3 is 1.84 bits per heavy atom. The molecule has 0 bridgehead atoms. The molecule has 0 radical (unpaired) electrons. The minimum absolute atomic E-state index is 0.0270. The highest BCUT2D eigenvalue weighted by molar-refractivity contribution is 6.76. The van der Waals surface area contributed by atoms with Crippen molar-refractivity contribution in [1.82, 2.24) is 39.5 Å². The summed E-state index contributed by atoms with van der Waals surface area (Å²) >= 11 is 0. The summed E-state index contributed by atoms with van der Waals surface area (Å²) in [5.41, 5.74) is 4.06. The van der Waals surface area contributed by atoms with Gasteiger partial charge in [-0.2, -0.15) is 19.3 Å². The molecule has 0 saturated carbocycles. The van der Waals surface area contributed by atoms with Gasteiger partial charge in [0.1, 0.15) is 44.2 Å². The van der Waals surface area contributed by atoms with E-state index in [-0.39, 0.29) is 73.2 Å². The van der Waals surface area contributed by atoms with Crippen LogP contribution in [0, 0.1) is 17.6 Å². The maximum atomic E-state index is 15.4. The molecule has 1 fully saturated rings. The Morgan fingerprint density at radius 1 is 0.714 bits per heavy atom. The van der Waals surface area contributed by atoms with Gasteiger partial charge < -0.3 is 28.4 Å². The van der Waals surface area contributed by atoms with Crippen LogP contribution in [0.1, 0.15) is 107 Å². The minimum Gasteiger partial charge on any atom is -0.465 e. The number of benzene rings is 2. The van der Waals surface area contributed by atoms with Crippen LogP contribution >= 0.6 is 0 Å². The second kappa shape index (κ2) is 24.6. The lowest BCUT2D eigenvalue weighted by Crippen LogP contribution is -2.22. The Hall–Kier alpha value is -6.19. The number of nitrogens with zero attached hydrogens (tertiary/aromatic N) is 8. The van der Waals surface area contributed by atoms with Crippen LogP contribution in [0.2, 0.25) is 25.7 Å². The van der Waals surface area contributed by atoms with Crippen molar-refractivity contribution in [3.05, 3.63) is 124 Å². The molecule has 0 atom stereocenters. The van der Waals surface area contributed by atoms with Gasteiger partial charge in [0.25, 0.3) is 0 Å². The van der Waals surface area contributed by atoms with E-state index in [0.29, 0.717) is 57.6 Å². The van der Waals surface area contributed by atoms with Crippen molar-refractivity contribution in [2.75, 3.05) is 34.0 Å². The minimum atomic E-state index is -1.21. The zero-order chi connectivity index (χ0) is 50.5. The fraction of sp³-hybridized carbons (Fsp3) is 0.440. The number of pyridine rings is 2. The fourth-order valence-electron chi connectivity index (χ4n) is 7.58. The Morgan fingerprint density at radius 2 is 1.29 bits per heavy atom. The average molecular weight is 987 g/mol. The van der Waals surface area contributed by atoms with Crippen LogP contribution in [-0.2, 0) is 61.6 Å². The molecule has 70 heavy (non-hydrogen) atoms. The maximum Gasteiger partial charge on any atom is 0.340 e. The molecule has 4 aromatic heterocycles. The molecule has 1 saturated heterocycles. The van der Waals surface area contributed by atoms with E-state index in [9.17, 15) is 18.4 Å². The van der Waals surface area contributed by atoms with Gasteiger partial charge in [-0.3, -0.25) is 0 Å². The zero-order valence-corrected chi connectivity index (χ0v) is 42.2. The third-order valence-electron chi connectivity index (χ3n) is 11.2. The third kappa shape index (κ3) is 13.4. The summed E-state index contributed by atoms with van der Waals surface area (Å²) in [7, 11) is 1.37. The highest BCUT2D eigenvalue weighted by Crippen LogP contribution is 2.38. The number of aromatic nitrogens is 8. The van der Waals surface area contributed by atoms with Crippen molar-refractivity contribution in [2.24, 2.45) is 0 Å². The predicted molar refractivity (Wildman–Crippen MR) is 256 cm³/mol. The van der Waals surface area contributed by atoms with Crippen molar-refractivity contribution >= 4 is 20.0 Å². The fourth-order valence-corrected chi connectivity index (χ4v) is 8.34. The molecule has 0 unspecified atom stereocenters. The molecule has 2 aliphatic heterocycles. The van der Waals surface area contributed by atoms with Gasteiger partial charge in [0.2, 0.25) is 5.95 Å². The van der Waals surface area contributed by atoms with Gasteiger partial charge in [-0.15, -0.1) is 0 Å². The lowest BCUT2D eigenvalue weighted by molar-refractivity contribution is 0.0581. The summed E-state index contributed by atoms with van der Waals surface area (Å²) in [6, 6.07) is 12.5. The lowest BCUT2D eigenvalue weighted by atomic mass is 9.90. The van der Waals surface area contributed by atoms with Crippen LogP contribution in [0.25, 0.3) is 28.1 Å². The summed E-state index contributed by atoms with van der Waals surface area (Å²) in [5.74, 6) is -1.38. The van der Waals surface area contributed by atoms with Gasteiger partial charge in [-0.05, 0) is 66.1 Å². The Kier molecular flexibility index (Phi) is 18.7. The largest absolute Gasteiger partial charge is 0.465 e. The second-order valence-electron chi connectivity index (χ2n) is 18.3. The highest BCUT2D eigenvalue weighted by Gasteiger charge is 2.31. The summed E-state index contributed by atoms with van der Waals surface area (Å²) in [5, 5.41) is 8.46. The van der Waals surface area contributed by atoms with Crippen LogP contribution < -0.4 is 0 Å². The van der Waals surface area contributed by atoms with E-state index in [0.717, 1.165) is 19.3 Å². The van der Waals surface area contributed by atoms with Crippen LogP contribution in [0.4, 0.5) is 13.2 Å². The molecule has 16 nitrogen and oxygen atoms in total. The Balaban J connectivity index is 0.000000214. The third-order valence-corrected chi connectivity index (χ3v) is 12.9. The van der Waals surface area contributed by atoms with Crippen LogP contribution in [0.5, 0.6) is 0 Å². The topological polar surface area (TPSA) is 177 Å². The quantitative estimate of drug-likeness (QED) is 0.0411. The molecule has 20 heteroatoms. The molecule has 2 aliphatic rings. The standard InChI is InChI=1S/C26H34F2N4O4Si.C20H19FN4O3.C4H8O/c1-17(2)24-23(26(33)34-3)22(18-7-9-19(27)10-8-18)20(25(28)31-24)13-36-14-21-29-15-30-32(21)16-35-11-12-37(4,5)6;1-11(2)18-17(20(26)27-3)16(12-4-6-13(21)7-5-12)14-8-28-9-15-22-10-23-25(15)19(14)24-18;1-2-4-5-3-1/h7-10,15,17H,11-14,16H2,1-6H3;4-7,10-11H,8-9H2,1-3H3;1-4H2. The Bertz CT molecular complexity index is 2700. The van der Waals surface area contributed by atoms with Gasteiger partial charge in [0, 0.05) is 50.1 Å². The van der Waals surface area contributed by atoms with Gasteiger partial charge in [0.05, 0.1) is 49.9 Å². The predicted octanol–water partition coefficient (Wildman–Crippen LogP) is 9.76. The van der Waals surface area contributed by atoms with Crippen molar-refractivity contribution < 1.29 is 51.2 Å². The molecule has 0 N–H and O–H groups in total. The van der Waals surface area contributed by atoms with E-state index in [4.69, 9.17) is 33.4 Å². The maximum absolute atomic E-state index is 15.4. The average Bonchev–Trinajstić information content (AvgIpc) is 4.15. The molecule has 6 aromatic rings. The first-order valence-corrected chi connectivity index (χ1v) is 26.8. The first-order valence-electron chi connectivity index (χ1n) is 23.1. The van der Waals surface area contributed by atoms with Crippen LogP contribution in [-0.4, -0.2) is 93.5 Å². The van der Waals surface area contributed by atoms with Gasteiger partial charge in [-0.1, -0.05) is 71.6 Å². The zero-order valence-electron chi connectivity index (χ0n) is 41.2. The van der Waals surface area contributed by atoms with E-state index >= 15 is 4.39 Å². The number of rotatable bonds is 15. The highest BCUT2D eigenvalue weighted by atomic mass is 28.3. The van der Waals surface area contributed by atoms with Crippen molar-refractivity contribution in [1.29, 1.82) is 0 Å². The molecule has 0 aliphatic carbocycles. The SMILES string of the molecule is C1CCOC1.COC(=O)c1c(C(C)C)nc(F)c(COCc2ncnn2COCC[Si](C)(C)C)c1-c1ccc(F)cc1.COC(=O)c1c(C(C)C)nc2c(c1-c1ccc(F)cc1)COCc1ncnn1-2. The number of carbonyl (C=O) groups is 2. The number of hydrogen-bond donors (Lipinski definition) is 0. The van der Waals surface area contributed by atoms with Gasteiger partial charge in [-0.25, -0.2) is 43.0 Å². The number of fused-ring (bicyclic) bond motifs is 3.